The van der Waals surface area contributed by atoms with Gasteiger partial charge >= 0.3 is 40.9 Å². The van der Waals surface area contributed by atoms with Crippen LogP contribution in [0.5, 0.6) is 0 Å². The Hall–Kier alpha value is 2.40. The van der Waals surface area contributed by atoms with Crippen LogP contribution in [0, 0.1) is 0 Å². The van der Waals surface area contributed by atoms with Crippen LogP contribution in [0.2, 0.25) is 0 Å². The molecule has 5 heteroatoms. The van der Waals surface area contributed by atoms with Gasteiger partial charge in [0.1, 0.15) is 0 Å². The van der Waals surface area contributed by atoms with Gasteiger partial charge in [-0.3, -0.25) is 0 Å². The first-order valence-corrected chi connectivity index (χ1v) is 5.89. The predicted octanol–water partition coefficient (Wildman–Crippen LogP) is -1.20. The quantitative estimate of drug-likeness (QED) is 0.388. The third-order valence-electron chi connectivity index (χ3n) is 0. The molecule has 0 unspecified atom stereocenters. The Labute approximate surface area is 71.5 Å². The summed E-state index contributed by atoms with van der Waals surface area (Å²) in [4.78, 5) is 0. The van der Waals surface area contributed by atoms with Crippen LogP contribution in [-0.2, 0) is 0 Å². The first-order valence-electron chi connectivity index (χ1n) is 0.655. The zero-order valence-corrected chi connectivity index (χ0v) is 8.13. The van der Waals surface area contributed by atoms with Crippen LogP contribution < -0.4 is 29.6 Å². The Morgan fingerprint density at radius 2 is 1.20 bits per heavy atom. The fourth-order valence-electron chi connectivity index (χ4n) is 0. The second kappa shape index (κ2) is 6.40. The van der Waals surface area contributed by atoms with E-state index in [1.165, 1.54) is 0 Å². The summed E-state index contributed by atoms with van der Waals surface area (Å²) in [5.41, 5.74) is 0. The molecule has 0 heterocycles. The van der Waals surface area contributed by atoms with Gasteiger partial charge in [-0.15, -0.1) is 0 Å². The van der Waals surface area contributed by atoms with Crippen molar-refractivity contribution >= 4 is 41.5 Å². The fraction of sp³-hybridized carbons (Fsp3) is 0. The first-order chi connectivity index (χ1) is 1.73. The van der Waals surface area contributed by atoms with Crippen molar-refractivity contribution in [3.63, 3.8) is 0 Å². The molecule has 0 atom stereocenters. The molecule has 0 nitrogen and oxygen atoms in total. The van der Waals surface area contributed by atoms with E-state index in [1.54, 1.807) is 0 Å². The Kier molecular flexibility index (Phi) is 13.3. The molecule has 0 radical (unpaired) electrons. The van der Waals surface area contributed by atoms with Gasteiger partial charge in [0.15, 0.2) is 0 Å². The van der Waals surface area contributed by atoms with E-state index in [0.29, 0.717) is 0 Å². The maximum atomic E-state index is 4.94. The number of hydrogen-bond donors (Lipinski definition) is 0. The molecule has 0 aliphatic carbocycles. The van der Waals surface area contributed by atoms with E-state index in [1.807, 2.05) is 0 Å². The third kappa shape index (κ3) is 21.5. The minimum atomic E-state index is -1.72. The summed E-state index contributed by atoms with van der Waals surface area (Å²) in [6.07, 6.45) is 0. The van der Waals surface area contributed by atoms with Gasteiger partial charge in [0.2, 0.25) is 0 Å². The molecule has 0 bridgehead atoms. The summed E-state index contributed by atoms with van der Waals surface area (Å²) in [7, 11) is 14.8. The van der Waals surface area contributed by atoms with Crippen molar-refractivity contribution in [3.8, 4) is 0 Å². The molecule has 0 aromatic heterocycles. The zero-order valence-electron chi connectivity index (χ0n) is 3.71. The van der Waals surface area contributed by atoms with Gasteiger partial charge in [0, 0.05) is 0 Å². The molecule has 0 aromatic rings. The van der Waals surface area contributed by atoms with Gasteiger partial charge in [0.25, 0.3) is 0 Å². The second-order valence-corrected chi connectivity index (χ2v) is 6.68. The molecule has 26 valence electrons. The van der Waals surface area contributed by atoms with Crippen molar-refractivity contribution in [2.24, 2.45) is 0 Å². The van der Waals surface area contributed by atoms with E-state index < -0.39 is 11.4 Å². The molecule has 0 N–H and O–H groups in total. The van der Waals surface area contributed by atoms with Crippen molar-refractivity contribution in [2.45, 2.75) is 0 Å². The fourth-order valence-corrected chi connectivity index (χ4v) is 0. The Balaban J connectivity index is -0.0000000450. The number of rotatable bonds is 0. The van der Waals surface area contributed by atoms with Crippen molar-refractivity contribution in [3.05, 3.63) is 0 Å². The van der Waals surface area contributed by atoms with E-state index in [4.69, 9.17) is 30.1 Å². The monoisotopic (exact) mass is 156 g/mol. The standard InChI is InChI=1S/Al.3ClH.Na.H/h;3*1H;;/q+3;;;;+1;-1/p-3. The summed E-state index contributed by atoms with van der Waals surface area (Å²) < 4.78 is 0. The van der Waals surface area contributed by atoms with Crippen LogP contribution in [0.1, 0.15) is 1.43 Å². The summed E-state index contributed by atoms with van der Waals surface area (Å²) in [5.74, 6) is 0. The van der Waals surface area contributed by atoms with Gasteiger partial charge in [-0.25, -0.2) is 30.1 Å². The van der Waals surface area contributed by atoms with Crippen LogP contribution in [0.3, 0.4) is 0 Å². The summed E-state index contributed by atoms with van der Waals surface area (Å²) in [6.45, 7) is 0. The van der Waals surface area contributed by atoms with Crippen LogP contribution in [0.4, 0.5) is 0 Å². The Morgan fingerprint density at radius 3 is 1.20 bits per heavy atom. The Bertz CT molecular complexity index is 15.5. The number of hydrogen-bond acceptors (Lipinski definition) is 0. The maximum absolute atomic E-state index is 4.94. The van der Waals surface area contributed by atoms with E-state index in [2.05, 4.69) is 0 Å². The normalized spacial score (nSPS) is 5.40. The molecule has 5 heavy (non-hydrogen) atoms. The maximum Gasteiger partial charge on any atom is 1.00 e. The molecule has 0 aromatic carbocycles. The first kappa shape index (κ1) is 10.4. The predicted molar refractivity (Wildman–Crippen MR) is 24.4 cm³/mol. The van der Waals surface area contributed by atoms with Crippen molar-refractivity contribution in [2.75, 3.05) is 0 Å². The topological polar surface area (TPSA) is 0 Å². The average Bonchev–Trinajstić information content (AvgIpc) is 0.811. The summed E-state index contributed by atoms with van der Waals surface area (Å²) >= 11 is -1.72. The molecular weight excluding hydrogens is 156 g/mol. The molecule has 0 rings (SSSR count). The van der Waals surface area contributed by atoms with Crippen molar-refractivity contribution in [1.29, 1.82) is 0 Å². The summed E-state index contributed by atoms with van der Waals surface area (Å²) in [6, 6.07) is 0. The molecule has 0 saturated heterocycles. The molecule has 0 aliphatic heterocycles. The van der Waals surface area contributed by atoms with Crippen LogP contribution in [0.15, 0.2) is 0 Å². The Morgan fingerprint density at radius 1 is 1.20 bits per heavy atom. The number of halogens is 3. The van der Waals surface area contributed by atoms with Crippen molar-refractivity contribution in [1.82, 2.24) is 0 Å². The molecule has 0 amide bonds. The van der Waals surface area contributed by atoms with Crippen LogP contribution in [0.25, 0.3) is 0 Å². The molecule has 0 aliphatic rings. The molecule has 0 fully saturated rings. The van der Waals surface area contributed by atoms with Gasteiger partial charge in [-0.2, -0.15) is 0 Å². The molecule has 0 spiro atoms. The van der Waals surface area contributed by atoms with E-state index >= 15 is 0 Å². The van der Waals surface area contributed by atoms with Gasteiger partial charge in [-0.1, -0.05) is 0 Å². The minimum Gasteiger partial charge on any atom is -1.00 e. The van der Waals surface area contributed by atoms with Gasteiger partial charge in [-0.05, 0) is 0 Å². The van der Waals surface area contributed by atoms with Gasteiger partial charge < -0.3 is 1.43 Å². The largest absolute Gasteiger partial charge is 1.00 e. The SMILES string of the molecule is [Cl][Al]([Cl])[Cl].[H-].[Na+]. The van der Waals surface area contributed by atoms with Crippen molar-refractivity contribution < 1.29 is 31.0 Å². The van der Waals surface area contributed by atoms with Crippen LogP contribution >= 0.6 is 30.1 Å². The third-order valence-corrected chi connectivity index (χ3v) is 0. The molecule has 0 saturated carbocycles. The van der Waals surface area contributed by atoms with E-state index in [0.717, 1.165) is 0 Å². The van der Waals surface area contributed by atoms with Gasteiger partial charge in [0.05, 0.1) is 0 Å². The van der Waals surface area contributed by atoms with Crippen LogP contribution in [-0.4, -0.2) is 11.4 Å². The second-order valence-electron chi connectivity index (χ2n) is 0.247. The van der Waals surface area contributed by atoms with E-state index in [9.17, 15) is 0 Å². The zero-order chi connectivity index (χ0) is 3.58. The van der Waals surface area contributed by atoms with E-state index in [-0.39, 0.29) is 31.0 Å². The minimum absolute atomic E-state index is 0. The summed E-state index contributed by atoms with van der Waals surface area (Å²) in [5, 5.41) is 0. The molecular formula is HAlCl3Na. The smallest absolute Gasteiger partial charge is 1.00 e. The average molecular weight is 157 g/mol.